The molecule has 0 spiro atoms. The molecule has 2 saturated carbocycles. The van der Waals surface area contributed by atoms with Gasteiger partial charge in [0, 0.05) is 11.8 Å². The SMILES string of the molecule is CC1C(O)CC([C@@H]2OC3CC(O)CC(O)C3C[C@@H]2O)C2C=CC=C(O)C(=O)C12. The zero-order valence-electron chi connectivity index (χ0n) is 16.0. The first-order chi connectivity index (χ1) is 13.3. The number of fused-ring (bicyclic) bond motifs is 2. The number of ketones is 1. The highest BCUT2D eigenvalue weighted by molar-refractivity contribution is 5.96. The average molecular weight is 394 g/mol. The first-order valence-corrected chi connectivity index (χ1v) is 10.3. The van der Waals surface area contributed by atoms with Gasteiger partial charge in [0.1, 0.15) is 0 Å². The molecule has 0 aromatic heterocycles. The van der Waals surface area contributed by atoms with Crippen LogP contribution in [0.3, 0.4) is 0 Å². The minimum absolute atomic E-state index is 0.227. The second-order valence-electron chi connectivity index (χ2n) is 9.03. The highest BCUT2D eigenvalue weighted by Crippen LogP contribution is 2.48. The molecule has 3 fully saturated rings. The molecule has 4 aliphatic rings. The molecule has 28 heavy (non-hydrogen) atoms. The van der Waals surface area contributed by atoms with Gasteiger partial charge in [-0.25, -0.2) is 0 Å². The molecule has 5 N–H and O–H groups in total. The number of aliphatic hydroxyl groups is 5. The number of rotatable bonds is 1. The number of carbonyl (C=O) groups is 1. The van der Waals surface area contributed by atoms with E-state index in [-0.39, 0.29) is 42.0 Å². The first kappa shape index (κ1) is 20.0. The molecule has 0 bridgehead atoms. The summed E-state index contributed by atoms with van der Waals surface area (Å²) in [5.41, 5.74) is 0. The summed E-state index contributed by atoms with van der Waals surface area (Å²) in [6, 6.07) is 0. The van der Waals surface area contributed by atoms with Crippen LogP contribution < -0.4 is 0 Å². The molecule has 0 radical (unpaired) electrons. The van der Waals surface area contributed by atoms with Crippen LogP contribution in [0.15, 0.2) is 24.0 Å². The molecule has 4 rings (SSSR count). The average Bonchev–Trinajstić information content (AvgIpc) is 2.78. The second-order valence-corrected chi connectivity index (χ2v) is 9.03. The molecular weight excluding hydrogens is 364 g/mol. The predicted molar refractivity (Wildman–Crippen MR) is 99.1 cm³/mol. The molecule has 3 aliphatic carbocycles. The Morgan fingerprint density at radius 2 is 1.68 bits per heavy atom. The van der Waals surface area contributed by atoms with Crippen molar-refractivity contribution in [2.75, 3.05) is 0 Å². The Balaban J connectivity index is 1.61. The van der Waals surface area contributed by atoms with Gasteiger partial charge < -0.3 is 30.3 Å². The molecule has 9 unspecified atom stereocenters. The highest BCUT2D eigenvalue weighted by Gasteiger charge is 2.53. The lowest BCUT2D eigenvalue weighted by Crippen LogP contribution is -2.58. The number of hydrogen-bond acceptors (Lipinski definition) is 7. The molecule has 11 atom stereocenters. The van der Waals surface area contributed by atoms with Crippen molar-refractivity contribution in [3.8, 4) is 0 Å². The van der Waals surface area contributed by atoms with Crippen LogP contribution in [-0.2, 0) is 9.53 Å². The van der Waals surface area contributed by atoms with Gasteiger partial charge in [0.25, 0.3) is 0 Å². The van der Waals surface area contributed by atoms with Crippen molar-refractivity contribution in [1.29, 1.82) is 0 Å². The topological polar surface area (TPSA) is 127 Å². The van der Waals surface area contributed by atoms with Gasteiger partial charge in [0.15, 0.2) is 5.76 Å². The van der Waals surface area contributed by atoms with Crippen LogP contribution in [0.25, 0.3) is 0 Å². The summed E-state index contributed by atoms with van der Waals surface area (Å²) in [6.07, 6.45) is 2.44. The Morgan fingerprint density at radius 1 is 0.964 bits per heavy atom. The number of hydrogen-bond donors (Lipinski definition) is 5. The number of allylic oxidation sites excluding steroid dienone is 4. The minimum Gasteiger partial charge on any atom is -0.504 e. The maximum absolute atomic E-state index is 12.7. The van der Waals surface area contributed by atoms with E-state index in [4.69, 9.17) is 4.74 Å². The fourth-order valence-electron chi connectivity index (χ4n) is 5.86. The monoisotopic (exact) mass is 394 g/mol. The number of Topliss-reactive ketones (excluding diaryl/α,β-unsaturated/α-hetero) is 1. The largest absolute Gasteiger partial charge is 0.504 e. The van der Waals surface area contributed by atoms with E-state index < -0.39 is 42.2 Å². The van der Waals surface area contributed by atoms with E-state index in [2.05, 4.69) is 0 Å². The van der Waals surface area contributed by atoms with Crippen LogP contribution in [-0.4, -0.2) is 67.9 Å². The van der Waals surface area contributed by atoms with E-state index in [1.54, 1.807) is 6.08 Å². The number of carbonyl (C=O) groups excluding carboxylic acids is 1. The fraction of sp³-hybridized carbons (Fsp3) is 0.762. The second kappa shape index (κ2) is 7.54. The van der Waals surface area contributed by atoms with Gasteiger partial charge in [-0.05, 0) is 49.5 Å². The molecule has 0 amide bonds. The molecule has 1 aliphatic heterocycles. The van der Waals surface area contributed by atoms with Gasteiger partial charge in [-0.2, -0.15) is 0 Å². The summed E-state index contributed by atoms with van der Waals surface area (Å²) in [7, 11) is 0. The first-order valence-electron chi connectivity index (χ1n) is 10.3. The number of ether oxygens (including phenoxy) is 1. The smallest absolute Gasteiger partial charge is 0.201 e. The van der Waals surface area contributed by atoms with E-state index >= 15 is 0 Å². The molecule has 7 nitrogen and oxygen atoms in total. The Morgan fingerprint density at radius 3 is 2.43 bits per heavy atom. The van der Waals surface area contributed by atoms with Crippen molar-refractivity contribution in [2.45, 2.75) is 69.2 Å². The summed E-state index contributed by atoms with van der Waals surface area (Å²) >= 11 is 0. The standard InChI is InChI=1S/C21H30O7/c1-9-15(24)7-12(11-3-2-4-14(23)20(27)19(9)11)21-17(26)8-13-16(25)5-10(22)6-18(13)28-21/h2-4,9-13,15-19,21-26H,5-8H2,1H3/t9?,10?,11?,12?,13?,15?,16?,17-,18?,19?,21-/m0/s1. The summed E-state index contributed by atoms with van der Waals surface area (Å²) < 4.78 is 6.21. The normalized spacial score (nSPS) is 51.7. The van der Waals surface area contributed by atoms with Gasteiger partial charge >= 0.3 is 0 Å². The third-order valence-electron chi connectivity index (χ3n) is 7.38. The Bertz CT molecular complexity index is 674. The van der Waals surface area contributed by atoms with Crippen LogP contribution >= 0.6 is 0 Å². The van der Waals surface area contributed by atoms with E-state index in [1.807, 2.05) is 13.0 Å². The van der Waals surface area contributed by atoms with Crippen molar-refractivity contribution >= 4 is 5.78 Å². The zero-order chi connectivity index (χ0) is 20.2. The van der Waals surface area contributed by atoms with E-state index in [0.717, 1.165) is 0 Å². The maximum Gasteiger partial charge on any atom is 0.201 e. The Kier molecular flexibility index (Phi) is 5.39. The summed E-state index contributed by atoms with van der Waals surface area (Å²) in [5.74, 6) is -2.41. The molecule has 7 heteroatoms. The van der Waals surface area contributed by atoms with Crippen molar-refractivity contribution in [1.82, 2.24) is 0 Å². The third-order valence-corrected chi connectivity index (χ3v) is 7.38. The summed E-state index contributed by atoms with van der Waals surface area (Å²) in [5, 5.41) is 51.7. The zero-order valence-corrected chi connectivity index (χ0v) is 16.0. The van der Waals surface area contributed by atoms with Gasteiger partial charge in [-0.1, -0.05) is 19.1 Å². The predicted octanol–water partition coefficient (Wildman–Crippen LogP) is 0.467. The Labute approximate surface area is 164 Å². The van der Waals surface area contributed by atoms with Crippen molar-refractivity contribution in [3.05, 3.63) is 24.0 Å². The quantitative estimate of drug-likeness (QED) is 0.437. The van der Waals surface area contributed by atoms with E-state index in [1.165, 1.54) is 6.08 Å². The van der Waals surface area contributed by atoms with Crippen LogP contribution in [0.5, 0.6) is 0 Å². The van der Waals surface area contributed by atoms with Gasteiger partial charge in [0.2, 0.25) is 5.78 Å². The molecular formula is C21H30O7. The van der Waals surface area contributed by atoms with Crippen LogP contribution in [0.4, 0.5) is 0 Å². The lowest BCUT2D eigenvalue weighted by atomic mass is 9.61. The molecule has 0 aromatic carbocycles. The summed E-state index contributed by atoms with van der Waals surface area (Å²) in [4.78, 5) is 12.7. The van der Waals surface area contributed by atoms with Crippen LogP contribution in [0.1, 0.15) is 32.6 Å². The lowest BCUT2D eigenvalue weighted by Gasteiger charge is -2.51. The van der Waals surface area contributed by atoms with Crippen LogP contribution in [0, 0.1) is 29.6 Å². The third kappa shape index (κ3) is 3.33. The highest BCUT2D eigenvalue weighted by atomic mass is 16.5. The molecule has 1 heterocycles. The lowest BCUT2D eigenvalue weighted by molar-refractivity contribution is -0.220. The Hall–Kier alpha value is -1.25. The summed E-state index contributed by atoms with van der Waals surface area (Å²) in [6.45, 7) is 1.81. The molecule has 0 aromatic rings. The fourth-order valence-corrected chi connectivity index (χ4v) is 5.86. The molecule has 1 saturated heterocycles. The van der Waals surface area contributed by atoms with E-state index in [0.29, 0.717) is 19.3 Å². The van der Waals surface area contributed by atoms with E-state index in [9.17, 15) is 30.3 Å². The van der Waals surface area contributed by atoms with Crippen molar-refractivity contribution in [2.24, 2.45) is 29.6 Å². The minimum atomic E-state index is -0.828. The van der Waals surface area contributed by atoms with Gasteiger partial charge in [-0.15, -0.1) is 0 Å². The number of aliphatic hydroxyl groups excluding tert-OH is 5. The van der Waals surface area contributed by atoms with Crippen molar-refractivity contribution < 1.29 is 35.1 Å². The van der Waals surface area contributed by atoms with Crippen LogP contribution in [0.2, 0.25) is 0 Å². The van der Waals surface area contributed by atoms with Crippen molar-refractivity contribution in [3.63, 3.8) is 0 Å². The van der Waals surface area contributed by atoms with Gasteiger partial charge in [-0.3, -0.25) is 4.79 Å². The maximum atomic E-state index is 12.7. The van der Waals surface area contributed by atoms with Gasteiger partial charge in [0.05, 0.1) is 36.6 Å². The molecule has 156 valence electrons.